The first kappa shape index (κ1) is 22.5. The Labute approximate surface area is 165 Å². The lowest BCUT2D eigenvalue weighted by Gasteiger charge is -2.17. The largest absolute Gasteiger partial charge is 0.464 e. The number of aliphatic hydroxyl groups excluding tert-OH is 1. The summed E-state index contributed by atoms with van der Waals surface area (Å²) in [7, 11) is 1.20. The molecule has 0 amide bonds. The van der Waals surface area contributed by atoms with E-state index in [-0.39, 0.29) is 12.3 Å². The second kappa shape index (κ2) is 10.1. The highest BCUT2D eigenvalue weighted by Gasteiger charge is 2.30. The van der Waals surface area contributed by atoms with Gasteiger partial charge in [-0.15, -0.1) is 0 Å². The fourth-order valence-corrected chi connectivity index (χ4v) is 2.60. The maximum Gasteiger partial charge on any atom is 0.416 e. The number of carbonyl (C=O) groups excluding carboxylic acids is 1. The Morgan fingerprint density at radius 1 is 1.21 bits per heavy atom. The molecule has 0 fully saturated rings. The molecule has 0 bridgehead atoms. The predicted octanol–water partition coefficient (Wildman–Crippen LogP) is 3.40. The fraction of sp³-hybridized carbons (Fsp3) is 0.300. The molecular formula is C20H21F3N2O4. The SMILES string of the molecule is COC(=O)C(=NCO)c1ccccc1CONC(C)c1cccc(C(F)(F)F)c1. The topological polar surface area (TPSA) is 80.2 Å². The van der Waals surface area contributed by atoms with Gasteiger partial charge in [0.2, 0.25) is 0 Å². The standard InChI is InChI=1S/C20H21F3N2O4/c1-13(14-7-5-8-16(10-14)20(21,22)23)25-29-11-15-6-3-4-9-17(15)18(24-12-26)19(27)28-2/h3-10,13,25-26H,11-12H2,1-2H3. The van der Waals surface area contributed by atoms with Gasteiger partial charge in [0.05, 0.1) is 25.3 Å². The van der Waals surface area contributed by atoms with Crippen molar-refractivity contribution in [3.8, 4) is 0 Å². The average Bonchev–Trinajstić information content (AvgIpc) is 2.71. The Morgan fingerprint density at radius 3 is 2.59 bits per heavy atom. The van der Waals surface area contributed by atoms with Crippen molar-refractivity contribution in [2.75, 3.05) is 13.8 Å². The van der Waals surface area contributed by atoms with Gasteiger partial charge in [0.1, 0.15) is 6.73 Å². The number of alkyl halides is 3. The number of aliphatic hydroxyl groups is 1. The minimum absolute atomic E-state index is 0.000910. The number of nitrogens with one attached hydrogen (secondary N) is 1. The molecule has 0 saturated carbocycles. The van der Waals surface area contributed by atoms with Crippen LogP contribution in [-0.4, -0.2) is 30.6 Å². The average molecular weight is 410 g/mol. The lowest BCUT2D eigenvalue weighted by molar-refractivity contribution is -0.137. The first-order valence-electron chi connectivity index (χ1n) is 8.64. The van der Waals surface area contributed by atoms with Crippen LogP contribution in [0.2, 0.25) is 0 Å². The number of aliphatic imine (C=N–C) groups is 1. The highest BCUT2D eigenvalue weighted by Crippen LogP contribution is 2.30. The molecule has 0 aromatic heterocycles. The van der Waals surface area contributed by atoms with Crippen molar-refractivity contribution in [1.82, 2.24) is 5.48 Å². The van der Waals surface area contributed by atoms with E-state index >= 15 is 0 Å². The summed E-state index contributed by atoms with van der Waals surface area (Å²) in [6, 6.07) is 11.2. The smallest absolute Gasteiger partial charge is 0.416 e. The van der Waals surface area contributed by atoms with E-state index in [9.17, 15) is 18.0 Å². The second-order valence-corrected chi connectivity index (χ2v) is 6.05. The molecule has 2 aromatic carbocycles. The van der Waals surface area contributed by atoms with Crippen molar-refractivity contribution < 1.29 is 32.6 Å². The van der Waals surface area contributed by atoms with Gasteiger partial charge in [0, 0.05) is 5.56 Å². The Hall–Kier alpha value is -2.75. The molecule has 1 atom stereocenters. The number of hydrogen-bond acceptors (Lipinski definition) is 6. The van der Waals surface area contributed by atoms with Gasteiger partial charge in [-0.1, -0.05) is 36.4 Å². The lowest BCUT2D eigenvalue weighted by atomic mass is 10.0. The number of rotatable bonds is 8. The Morgan fingerprint density at radius 2 is 1.93 bits per heavy atom. The highest BCUT2D eigenvalue weighted by atomic mass is 19.4. The van der Waals surface area contributed by atoms with E-state index in [0.29, 0.717) is 16.7 Å². The molecule has 2 aromatic rings. The molecule has 2 N–H and O–H groups in total. The van der Waals surface area contributed by atoms with Gasteiger partial charge >= 0.3 is 12.1 Å². The number of hydrogen-bond donors (Lipinski definition) is 2. The van der Waals surface area contributed by atoms with Crippen LogP contribution in [0.1, 0.15) is 35.2 Å². The van der Waals surface area contributed by atoms with Gasteiger partial charge in [-0.25, -0.2) is 9.79 Å². The van der Waals surface area contributed by atoms with Crippen molar-refractivity contribution in [3.05, 3.63) is 70.8 Å². The summed E-state index contributed by atoms with van der Waals surface area (Å²) in [4.78, 5) is 21.1. The van der Waals surface area contributed by atoms with Crippen molar-refractivity contribution in [2.45, 2.75) is 25.7 Å². The van der Waals surface area contributed by atoms with Crippen molar-refractivity contribution in [1.29, 1.82) is 0 Å². The van der Waals surface area contributed by atoms with E-state index in [4.69, 9.17) is 9.94 Å². The second-order valence-electron chi connectivity index (χ2n) is 6.05. The van der Waals surface area contributed by atoms with Crippen molar-refractivity contribution in [2.24, 2.45) is 4.99 Å². The fourth-order valence-electron chi connectivity index (χ4n) is 2.60. The van der Waals surface area contributed by atoms with Crippen LogP contribution in [0.5, 0.6) is 0 Å². The van der Waals surface area contributed by atoms with E-state index in [1.807, 2.05) is 0 Å². The van der Waals surface area contributed by atoms with Crippen molar-refractivity contribution >= 4 is 11.7 Å². The van der Waals surface area contributed by atoms with Gasteiger partial charge in [0.25, 0.3) is 0 Å². The van der Waals surface area contributed by atoms with Crippen LogP contribution < -0.4 is 5.48 Å². The normalized spacial score (nSPS) is 13.2. The zero-order chi connectivity index (χ0) is 21.4. The summed E-state index contributed by atoms with van der Waals surface area (Å²) in [5, 5.41) is 9.07. The number of halogens is 3. The summed E-state index contributed by atoms with van der Waals surface area (Å²) in [6.45, 7) is 1.07. The zero-order valence-electron chi connectivity index (χ0n) is 15.9. The molecule has 6 nitrogen and oxygen atoms in total. The zero-order valence-corrected chi connectivity index (χ0v) is 15.9. The van der Waals surface area contributed by atoms with Gasteiger partial charge < -0.3 is 9.84 Å². The van der Waals surface area contributed by atoms with E-state index in [0.717, 1.165) is 12.1 Å². The Bertz CT molecular complexity index is 869. The van der Waals surface area contributed by atoms with E-state index < -0.39 is 30.5 Å². The van der Waals surface area contributed by atoms with Crippen LogP contribution in [-0.2, 0) is 27.2 Å². The lowest BCUT2D eigenvalue weighted by Crippen LogP contribution is -2.22. The summed E-state index contributed by atoms with van der Waals surface area (Å²) >= 11 is 0. The third kappa shape index (κ3) is 6.11. The summed E-state index contributed by atoms with van der Waals surface area (Å²) < 4.78 is 43.3. The van der Waals surface area contributed by atoms with Crippen LogP contribution in [0.25, 0.3) is 0 Å². The van der Waals surface area contributed by atoms with Gasteiger partial charge in [0.15, 0.2) is 5.71 Å². The summed E-state index contributed by atoms with van der Waals surface area (Å²) in [6.07, 6.45) is -4.42. The first-order chi connectivity index (χ1) is 13.8. The summed E-state index contributed by atoms with van der Waals surface area (Å²) in [5.74, 6) is -0.711. The predicted molar refractivity (Wildman–Crippen MR) is 99.9 cm³/mol. The third-order valence-electron chi connectivity index (χ3n) is 4.08. The highest BCUT2D eigenvalue weighted by molar-refractivity contribution is 6.43. The molecule has 1 unspecified atom stereocenters. The van der Waals surface area contributed by atoms with Crippen molar-refractivity contribution in [3.63, 3.8) is 0 Å². The Balaban J connectivity index is 2.10. The quantitative estimate of drug-likeness (QED) is 0.396. The van der Waals surface area contributed by atoms with Crippen LogP contribution >= 0.6 is 0 Å². The molecule has 156 valence electrons. The minimum Gasteiger partial charge on any atom is -0.464 e. The number of nitrogens with zero attached hydrogens (tertiary/aromatic N) is 1. The maximum absolute atomic E-state index is 12.9. The van der Waals surface area contributed by atoms with E-state index in [1.54, 1.807) is 37.3 Å². The molecule has 9 heteroatoms. The Kier molecular flexibility index (Phi) is 7.89. The van der Waals surface area contributed by atoms with Crippen LogP contribution in [0.4, 0.5) is 13.2 Å². The minimum atomic E-state index is -4.42. The van der Waals surface area contributed by atoms with Gasteiger partial charge in [-0.05, 0) is 30.2 Å². The monoisotopic (exact) mass is 410 g/mol. The molecule has 0 aliphatic heterocycles. The number of methoxy groups -OCH3 is 1. The third-order valence-corrected chi connectivity index (χ3v) is 4.08. The van der Waals surface area contributed by atoms with Crippen LogP contribution in [0, 0.1) is 0 Å². The van der Waals surface area contributed by atoms with Gasteiger partial charge in [-0.2, -0.15) is 18.7 Å². The van der Waals surface area contributed by atoms with Gasteiger partial charge in [-0.3, -0.25) is 4.84 Å². The molecule has 0 heterocycles. The first-order valence-corrected chi connectivity index (χ1v) is 8.64. The molecule has 0 spiro atoms. The van der Waals surface area contributed by atoms with E-state index in [2.05, 4.69) is 15.2 Å². The summed E-state index contributed by atoms with van der Waals surface area (Å²) in [5.41, 5.74) is 3.30. The molecule has 29 heavy (non-hydrogen) atoms. The molecule has 0 aliphatic carbocycles. The molecule has 2 rings (SSSR count). The molecule has 0 saturated heterocycles. The number of benzene rings is 2. The maximum atomic E-state index is 12.9. The number of esters is 1. The molecular weight excluding hydrogens is 389 g/mol. The molecule has 0 radical (unpaired) electrons. The number of hydroxylamine groups is 1. The number of ether oxygens (including phenoxy) is 1. The number of carbonyl (C=O) groups is 1. The molecule has 0 aliphatic rings. The van der Waals surface area contributed by atoms with Crippen LogP contribution in [0.15, 0.2) is 53.5 Å². The van der Waals surface area contributed by atoms with E-state index in [1.165, 1.54) is 13.2 Å². The van der Waals surface area contributed by atoms with Crippen LogP contribution in [0.3, 0.4) is 0 Å².